The van der Waals surface area contributed by atoms with Gasteiger partial charge in [0, 0.05) is 6.04 Å². The van der Waals surface area contributed by atoms with Gasteiger partial charge in [0.05, 0.1) is 21.8 Å². The highest BCUT2D eigenvalue weighted by atomic mass is 32.2. The minimum absolute atomic E-state index is 0.0427. The molecule has 8 heteroatoms. The molecule has 0 aliphatic rings. The van der Waals surface area contributed by atoms with E-state index in [0.29, 0.717) is 21.7 Å². The summed E-state index contributed by atoms with van der Waals surface area (Å²) in [6.07, 6.45) is 1.90. The molecule has 1 amide bonds. The van der Waals surface area contributed by atoms with Crippen molar-refractivity contribution in [1.29, 1.82) is 0 Å². The number of rotatable bonds is 11. The molecule has 0 spiro atoms. The molecule has 0 bridgehead atoms. The van der Waals surface area contributed by atoms with E-state index in [4.69, 9.17) is 0 Å². The lowest BCUT2D eigenvalue weighted by molar-refractivity contribution is -0.120. The predicted molar refractivity (Wildman–Crippen MR) is 137 cm³/mol. The topological polar surface area (TPSA) is 67.2 Å². The Hall–Kier alpha value is -2.71. The monoisotopic (exact) mass is 484 g/mol. The molecule has 2 aromatic carbocycles. The van der Waals surface area contributed by atoms with Crippen LogP contribution in [0.15, 0.2) is 58.5 Å². The number of nitrogens with zero attached hydrogens (tertiary/aromatic N) is 3. The van der Waals surface area contributed by atoms with Gasteiger partial charge in [0.15, 0.2) is 5.16 Å². The van der Waals surface area contributed by atoms with Crippen LogP contribution >= 0.6 is 11.8 Å². The Morgan fingerprint density at radius 2 is 1.88 bits per heavy atom. The van der Waals surface area contributed by atoms with Crippen LogP contribution in [0, 0.1) is 5.82 Å². The van der Waals surface area contributed by atoms with Crippen LogP contribution in [0.25, 0.3) is 16.6 Å². The van der Waals surface area contributed by atoms with Crippen molar-refractivity contribution in [1.82, 2.24) is 19.8 Å². The SMILES string of the molecule is CCN(CC)CCCC(C)NC(=O)C(C)Sc1nc2ccccc2c(=O)n1-c1cccc(F)c1. The van der Waals surface area contributed by atoms with E-state index in [1.807, 2.05) is 13.0 Å². The average molecular weight is 485 g/mol. The third-order valence-corrected chi connectivity index (χ3v) is 6.91. The number of hydrogen-bond acceptors (Lipinski definition) is 5. The zero-order valence-electron chi connectivity index (χ0n) is 20.3. The number of amides is 1. The maximum absolute atomic E-state index is 14.0. The number of fused-ring (bicyclic) bond motifs is 1. The first-order chi connectivity index (χ1) is 16.3. The van der Waals surface area contributed by atoms with Crippen molar-refractivity contribution in [2.75, 3.05) is 19.6 Å². The van der Waals surface area contributed by atoms with Gasteiger partial charge in [0.2, 0.25) is 5.91 Å². The van der Waals surface area contributed by atoms with Crippen LogP contribution in [-0.4, -0.2) is 51.3 Å². The minimum Gasteiger partial charge on any atom is -0.353 e. The number of benzene rings is 2. The maximum atomic E-state index is 14.0. The number of para-hydroxylation sites is 1. The molecule has 34 heavy (non-hydrogen) atoms. The lowest BCUT2D eigenvalue weighted by Gasteiger charge is -2.21. The van der Waals surface area contributed by atoms with Crippen LogP contribution in [0.2, 0.25) is 0 Å². The third-order valence-electron chi connectivity index (χ3n) is 5.86. The van der Waals surface area contributed by atoms with Crippen molar-refractivity contribution in [3.8, 4) is 5.69 Å². The predicted octanol–water partition coefficient (Wildman–Crippen LogP) is 4.63. The van der Waals surface area contributed by atoms with Gasteiger partial charge in [0.1, 0.15) is 5.82 Å². The van der Waals surface area contributed by atoms with E-state index in [2.05, 4.69) is 29.0 Å². The van der Waals surface area contributed by atoms with E-state index >= 15 is 0 Å². The summed E-state index contributed by atoms with van der Waals surface area (Å²) in [6.45, 7) is 11.2. The second-order valence-corrected chi connectivity index (χ2v) is 9.68. The summed E-state index contributed by atoms with van der Waals surface area (Å²) in [7, 11) is 0. The maximum Gasteiger partial charge on any atom is 0.266 e. The summed E-state index contributed by atoms with van der Waals surface area (Å²) in [5, 5.41) is 3.38. The van der Waals surface area contributed by atoms with Gasteiger partial charge in [-0.25, -0.2) is 9.37 Å². The fourth-order valence-corrected chi connectivity index (χ4v) is 4.78. The number of hydrogen-bond donors (Lipinski definition) is 1. The Bertz CT molecular complexity index is 1180. The minimum atomic E-state index is -0.488. The first-order valence-electron chi connectivity index (χ1n) is 11.8. The summed E-state index contributed by atoms with van der Waals surface area (Å²) >= 11 is 1.20. The first kappa shape index (κ1) is 25.9. The summed E-state index contributed by atoms with van der Waals surface area (Å²) in [5.41, 5.74) is 0.624. The van der Waals surface area contributed by atoms with Crippen molar-refractivity contribution in [3.63, 3.8) is 0 Å². The van der Waals surface area contributed by atoms with E-state index in [-0.39, 0.29) is 17.5 Å². The van der Waals surface area contributed by atoms with E-state index in [0.717, 1.165) is 32.5 Å². The Morgan fingerprint density at radius 1 is 1.15 bits per heavy atom. The van der Waals surface area contributed by atoms with Crippen LogP contribution in [0.3, 0.4) is 0 Å². The molecule has 0 fully saturated rings. The summed E-state index contributed by atoms with van der Waals surface area (Å²) < 4.78 is 15.3. The van der Waals surface area contributed by atoms with Crippen LogP contribution in [-0.2, 0) is 4.79 Å². The largest absolute Gasteiger partial charge is 0.353 e. The van der Waals surface area contributed by atoms with Gasteiger partial charge < -0.3 is 10.2 Å². The molecule has 6 nitrogen and oxygen atoms in total. The summed E-state index contributed by atoms with van der Waals surface area (Å²) in [4.78, 5) is 33.2. The molecular formula is C26H33FN4O2S. The Morgan fingerprint density at radius 3 is 2.59 bits per heavy atom. The second kappa shape index (κ2) is 12.1. The van der Waals surface area contributed by atoms with Gasteiger partial charge in [-0.3, -0.25) is 14.2 Å². The van der Waals surface area contributed by atoms with Crippen LogP contribution in [0.1, 0.15) is 40.5 Å². The van der Waals surface area contributed by atoms with Crippen molar-refractivity contribution in [2.24, 2.45) is 0 Å². The van der Waals surface area contributed by atoms with Gasteiger partial charge >= 0.3 is 0 Å². The second-order valence-electron chi connectivity index (χ2n) is 8.37. The molecule has 0 radical (unpaired) electrons. The van der Waals surface area contributed by atoms with Crippen LogP contribution < -0.4 is 10.9 Å². The van der Waals surface area contributed by atoms with Gasteiger partial charge in [-0.2, -0.15) is 0 Å². The number of aromatic nitrogens is 2. The Balaban J connectivity index is 1.79. The number of carbonyl (C=O) groups excluding carboxylic acids is 1. The molecule has 0 aliphatic carbocycles. The lowest BCUT2D eigenvalue weighted by atomic mass is 10.1. The first-order valence-corrected chi connectivity index (χ1v) is 12.7. The summed E-state index contributed by atoms with van der Waals surface area (Å²) in [6, 6.07) is 12.9. The average Bonchev–Trinajstić information content (AvgIpc) is 2.82. The third kappa shape index (κ3) is 6.45. The van der Waals surface area contributed by atoms with Crippen molar-refractivity contribution in [3.05, 3.63) is 64.7 Å². The normalized spacial score (nSPS) is 13.2. The molecule has 3 aromatic rings. The molecule has 1 heterocycles. The van der Waals surface area contributed by atoms with Gasteiger partial charge in [-0.05, 0) is 76.7 Å². The number of nitrogens with one attached hydrogen (secondary N) is 1. The molecule has 182 valence electrons. The zero-order valence-corrected chi connectivity index (χ0v) is 21.1. The number of thioether (sulfide) groups is 1. The van der Waals surface area contributed by atoms with Crippen molar-refractivity contribution < 1.29 is 9.18 Å². The molecule has 1 aromatic heterocycles. The van der Waals surface area contributed by atoms with Crippen LogP contribution in [0.5, 0.6) is 0 Å². The van der Waals surface area contributed by atoms with Crippen molar-refractivity contribution in [2.45, 2.75) is 57.0 Å². The molecule has 0 saturated carbocycles. The zero-order chi connectivity index (χ0) is 24.7. The van der Waals surface area contributed by atoms with E-state index in [1.54, 1.807) is 37.3 Å². The fourth-order valence-electron chi connectivity index (χ4n) is 3.84. The quantitative estimate of drug-likeness (QED) is 0.317. The van der Waals surface area contributed by atoms with E-state index in [9.17, 15) is 14.0 Å². The van der Waals surface area contributed by atoms with E-state index < -0.39 is 11.1 Å². The lowest BCUT2D eigenvalue weighted by Crippen LogP contribution is -2.38. The molecule has 1 N–H and O–H groups in total. The Kier molecular flexibility index (Phi) is 9.24. The molecule has 2 unspecified atom stereocenters. The highest BCUT2D eigenvalue weighted by Gasteiger charge is 2.21. The smallest absolute Gasteiger partial charge is 0.266 e. The molecule has 0 aliphatic heterocycles. The standard InChI is InChI=1S/C26H33FN4O2S/c1-5-30(6-2)16-10-11-18(3)28-24(32)19(4)34-26-29-23-15-8-7-14-22(23)25(33)31(26)21-13-9-12-20(27)17-21/h7-9,12-15,17-19H,5-6,10-11,16H2,1-4H3,(H,28,32). The molecule has 3 rings (SSSR count). The highest BCUT2D eigenvalue weighted by Crippen LogP contribution is 2.25. The summed E-state index contributed by atoms with van der Waals surface area (Å²) in [5.74, 6) is -0.564. The molecular weight excluding hydrogens is 451 g/mol. The van der Waals surface area contributed by atoms with Gasteiger partial charge in [-0.15, -0.1) is 0 Å². The fraction of sp³-hybridized carbons (Fsp3) is 0.423. The highest BCUT2D eigenvalue weighted by molar-refractivity contribution is 8.00. The Labute approximate surface area is 204 Å². The molecule has 2 atom stereocenters. The van der Waals surface area contributed by atoms with Gasteiger partial charge in [-0.1, -0.05) is 43.8 Å². The molecule has 0 saturated heterocycles. The van der Waals surface area contributed by atoms with Crippen molar-refractivity contribution >= 4 is 28.6 Å². The number of halogens is 1. The van der Waals surface area contributed by atoms with Gasteiger partial charge in [0.25, 0.3) is 5.56 Å². The number of carbonyl (C=O) groups is 1. The van der Waals surface area contributed by atoms with Crippen LogP contribution in [0.4, 0.5) is 4.39 Å². The van der Waals surface area contributed by atoms with E-state index in [1.165, 1.54) is 28.5 Å².